The van der Waals surface area contributed by atoms with Gasteiger partial charge in [0.1, 0.15) is 5.69 Å². The third-order valence-electron chi connectivity index (χ3n) is 2.48. The van der Waals surface area contributed by atoms with Gasteiger partial charge in [0, 0.05) is 23.7 Å². The SMILES string of the molecule is CC(C)c1[nH]nc(-c2ccncc2)c1C=O. The molecule has 4 nitrogen and oxygen atoms in total. The lowest BCUT2D eigenvalue weighted by molar-refractivity contribution is 0.112. The summed E-state index contributed by atoms with van der Waals surface area (Å²) in [7, 11) is 0. The first-order chi connectivity index (χ1) is 7.74. The zero-order chi connectivity index (χ0) is 11.5. The fourth-order valence-electron chi connectivity index (χ4n) is 1.65. The fourth-order valence-corrected chi connectivity index (χ4v) is 1.65. The van der Waals surface area contributed by atoms with Gasteiger partial charge in [-0.3, -0.25) is 14.9 Å². The van der Waals surface area contributed by atoms with Crippen molar-refractivity contribution in [1.82, 2.24) is 15.2 Å². The Hall–Kier alpha value is -1.97. The fraction of sp³-hybridized carbons (Fsp3) is 0.250. The maximum atomic E-state index is 11.1. The summed E-state index contributed by atoms with van der Waals surface area (Å²) in [6.07, 6.45) is 4.23. The monoisotopic (exact) mass is 215 g/mol. The average molecular weight is 215 g/mol. The Bertz CT molecular complexity index is 488. The minimum atomic E-state index is 0.253. The van der Waals surface area contributed by atoms with Crippen molar-refractivity contribution in [3.63, 3.8) is 0 Å². The number of carbonyl (C=O) groups excluding carboxylic acids is 1. The molecule has 0 atom stereocenters. The number of hydrogen-bond acceptors (Lipinski definition) is 3. The van der Waals surface area contributed by atoms with Gasteiger partial charge in [-0.05, 0) is 18.1 Å². The van der Waals surface area contributed by atoms with Gasteiger partial charge in [0.05, 0.1) is 5.56 Å². The number of hydrogen-bond donors (Lipinski definition) is 1. The van der Waals surface area contributed by atoms with Crippen LogP contribution in [0.25, 0.3) is 11.3 Å². The normalized spacial score (nSPS) is 10.7. The van der Waals surface area contributed by atoms with Gasteiger partial charge in [-0.2, -0.15) is 5.10 Å². The Morgan fingerprint density at radius 1 is 1.31 bits per heavy atom. The van der Waals surface area contributed by atoms with E-state index in [1.54, 1.807) is 12.4 Å². The number of carbonyl (C=O) groups is 1. The minimum Gasteiger partial charge on any atom is -0.298 e. The molecule has 0 aliphatic rings. The second-order valence-corrected chi connectivity index (χ2v) is 3.91. The predicted molar refractivity (Wildman–Crippen MR) is 61.3 cm³/mol. The number of pyridine rings is 1. The molecule has 2 aromatic rings. The van der Waals surface area contributed by atoms with Crippen LogP contribution in [0.1, 0.15) is 35.8 Å². The maximum Gasteiger partial charge on any atom is 0.154 e. The molecule has 4 heteroatoms. The van der Waals surface area contributed by atoms with E-state index in [4.69, 9.17) is 0 Å². The van der Waals surface area contributed by atoms with Crippen LogP contribution in [0.4, 0.5) is 0 Å². The van der Waals surface area contributed by atoms with E-state index in [1.807, 2.05) is 26.0 Å². The minimum absolute atomic E-state index is 0.253. The third-order valence-corrected chi connectivity index (χ3v) is 2.48. The van der Waals surface area contributed by atoms with Crippen LogP contribution >= 0.6 is 0 Å². The molecule has 0 saturated heterocycles. The van der Waals surface area contributed by atoms with E-state index >= 15 is 0 Å². The van der Waals surface area contributed by atoms with Gasteiger partial charge in [-0.15, -0.1) is 0 Å². The van der Waals surface area contributed by atoms with Crippen LogP contribution < -0.4 is 0 Å². The number of aldehydes is 1. The highest BCUT2D eigenvalue weighted by Gasteiger charge is 2.15. The molecule has 0 fully saturated rings. The molecule has 82 valence electrons. The first-order valence-corrected chi connectivity index (χ1v) is 5.18. The van der Waals surface area contributed by atoms with Gasteiger partial charge in [0.2, 0.25) is 0 Å². The largest absolute Gasteiger partial charge is 0.298 e. The van der Waals surface area contributed by atoms with Crippen molar-refractivity contribution in [3.8, 4) is 11.3 Å². The Labute approximate surface area is 93.7 Å². The molecule has 0 radical (unpaired) electrons. The Kier molecular flexibility index (Phi) is 2.81. The van der Waals surface area contributed by atoms with Crippen molar-refractivity contribution < 1.29 is 4.79 Å². The summed E-state index contributed by atoms with van der Waals surface area (Å²) in [5, 5.41) is 7.12. The molecule has 0 bridgehead atoms. The number of H-pyrrole nitrogens is 1. The number of nitrogens with zero attached hydrogens (tertiary/aromatic N) is 2. The molecule has 0 spiro atoms. The molecule has 0 aliphatic carbocycles. The topological polar surface area (TPSA) is 58.6 Å². The van der Waals surface area contributed by atoms with Crippen molar-refractivity contribution >= 4 is 6.29 Å². The van der Waals surface area contributed by atoms with Gasteiger partial charge < -0.3 is 0 Å². The lowest BCUT2D eigenvalue weighted by atomic mass is 10.0. The molecule has 2 heterocycles. The van der Waals surface area contributed by atoms with Crippen LogP contribution in [0.3, 0.4) is 0 Å². The van der Waals surface area contributed by atoms with Gasteiger partial charge in [-0.1, -0.05) is 13.8 Å². The predicted octanol–water partition coefficient (Wildman–Crippen LogP) is 2.41. The Balaban J connectivity index is 2.55. The number of rotatable bonds is 3. The van der Waals surface area contributed by atoms with Crippen molar-refractivity contribution in [2.24, 2.45) is 0 Å². The molecule has 2 rings (SSSR count). The van der Waals surface area contributed by atoms with Crippen LogP contribution in [-0.2, 0) is 0 Å². The number of aromatic nitrogens is 3. The van der Waals surface area contributed by atoms with Crippen LogP contribution in [0.15, 0.2) is 24.5 Å². The Morgan fingerprint density at radius 2 is 2.00 bits per heavy atom. The Morgan fingerprint density at radius 3 is 2.56 bits per heavy atom. The van der Waals surface area contributed by atoms with Crippen molar-refractivity contribution in [2.75, 3.05) is 0 Å². The molecule has 0 saturated carbocycles. The molecular formula is C12H13N3O. The highest BCUT2D eigenvalue weighted by molar-refractivity contribution is 5.87. The van der Waals surface area contributed by atoms with E-state index in [9.17, 15) is 4.79 Å². The van der Waals surface area contributed by atoms with E-state index < -0.39 is 0 Å². The summed E-state index contributed by atoms with van der Waals surface area (Å²) in [6.45, 7) is 4.05. The van der Waals surface area contributed by atoms with Gasteiger partial charge >= 0.3 is 0 Å². The zero-order valence-corrected chi connectivity index (χ0v) is 9.27. The van der Waals surface area contributed by atoms with Gasteiger partial charge in [-0.25, -0.2) is 0 Å². The molecule has 1 N–H and O–H groups in total. The summed E-state index contributed by atoms with van der Waals surface area (Å²) in [4.78, 5) is 15.1. The maximum absolute atomic E-state index is 11.1. The molecule has 0 aromatic carbocycles. The smallest absolute Gasteiger partial charge is 0.154 e. The zero-order valence-electron chi connectivity index (χ0n) is 9.27. The summed E-state index contributed by atoms with van der Waals surface area (Å²) in [6, 6.07) is 3.68. The highest BCUT2D eigenvalue weighted by Crippen LogP contribution is 2.25. The molecule has 2 aromatic heterocycles. The van der Waals surface area contributed by atoms with Crippen LogP contribution in [-0.4, -0.2) is 21.5 Å². The molecule has 0 amide bonds. The van der Waals surface area contributed by atoms with Gasteiger partial charge in [0.25, 0.3) is 0 Å². The summed E-state index contributed by atoms with van der Waals surface area (Å²) in [5.74, 6) is 0.253. The summed E-state index contributed by atoms with van der Waals surface area (Å²) < 4.78 is 0. The summed E-state index contributed by atoms with van der Waals surface area (Å²) >= 11 is 0. The van der Waals surface area contributed by atoms with Crippen LogP contribution in [0, 0.1) is 0 Å². The van der Waals surface area contributed by atoms with E-state index in [0.717, 1.165) is 17.5 Å². The number of nitrogens with one attached hydrogen (secondary N) is 1. The third kappa shape index (κ3) is 1.74. The summed E-state index contributed by atoms with van der Waals surface area (Å²) in [5.41, 5.74) is 3.12. The van der Waals surface area contributed by atoms with Crippen molar-refractivity contribution in [1.29, 1.82) is 0 Å². The number of aromatic amines is 1. The lowest BCUT2D eigenvalue weighted by Gasteiger charge is -2.02. The molecule has 16 heavy (non-hydrogen) atoms. The van der Waals surface area contributed by atoms with Gasteiger partial charge in [0.15, 0.2) is 6.29 Å². The first-order valence-electron chi connectivity index (χ1n) is 5.18. The van der Waals surface area contributed by atoms with E-state index in [-0.39, 0.29) is 5.92 Å². The molecular weight excluding hydrogens is 202 g/mol. The average Bonchev–Trinajstić information content (AvgIpc) is 2.73. The second kappa shape index (κ2) is 4.26. The first kappa shape index (κ1) is 10.5. The van der Waals surface area contributed by atoms with E-state index in [2.05, 4.69) is 15.2 Å². The van der Waals surface area contributed by atoms with Crippen LogP contribution in [0.2, 0.25) is 0 Å². The molecule has 0 aliphatic heterocycles. The highest BCUT2D eigenvalue weighted by atomic mass is 16.1. The second-order valence-electron chi connectivity index (χ2n) is 3.91. The van der Waals surface area contributed by atoms with Crippen LogP contribution in [0.5, 0.6) is 0 Å². The lowest BCUT2D eigenvalue weighted by Crippen LogP contribution is -1.93. The van der Waals surface area contributed by atoms with Crippen molar-refractivity contribution in [3.05, 3.63) is 35.8 Å². The standard InChI is InChI=1S/C12H13N3O/c1-8(2)11-10(7-16)12(15-14-11)9-3-5-13-6-4-9/h3-8H,1-2H3,(H,14,15). The van der Waals surface area contributed by atoms with E-state index in [1.165, 1.54) is 0 Å². The van der Waals surface area contributed by atoms with Crippen molar-refractivity contribution in [2.45, 2.75) is 19.8 Å². The quantitative estimate of drug-likeness (QED) is 0.800. The van der Waals surface area contributed by atoms with E-state index in [0.29, 0.717) is 11.3 Å². The molecule has 0 unspecified atom stereocenters.